The van der Waals surface area contributed by atoms with Crippen LogP contribution in [0.3, 0.4) is 0 Å². The number of fused-ring (bicyclic) bond motifs is 2. The summed E-state index contributed by atoms with van der Waals surface area (Å²) in [5.41, 5.74) is 1.48. The molecular weight excluding hydrogens is 374 g/mol. The van der Waals surface area contributed by atoms with Gasteiger partial charge in [0.2, 0.25) is 0 Å². The third-order valence-electron chi connectivity index (χ3n) is 5.77. The first-order chi connectivity index (χ1) is 13.6. The maximum absolute atomic E-state index is 12.8. The molecule has 28 heavy (non-hydrogen) atoms. The minimum Gasteiger partial charge on any atom is -0.485 e. The van der Waals surface area contributed by atoms with E-state index in [4.69, 9.17) is 16.3 Å². The summed E-state index contributed by atoms with van der Waals surface area (Å²) in [5.74, 6) is 0.705. The van der Waals surface area contributed by atoms with Crippen LogP contribution in [-0.2, 0) is 0 Å². The van der Waals surface area contributed by atoms with Crippen LogP contribution >= 0.6 is 11.6 Å². The monoisotopic (exact) mass is 393 g/mol. The summed E-state index contributed by atoms with van der Waals surface area (Å²) < 4.78 is 6.26. The largest absolute Gasteiger partial charge is 0.485 e. The zero-order chi connectivity index (χ0) is 19.1. The minimum atomic E-state index is -0.239. The summed E-state index contributed by atoms with van der Waals surface area (Å²) in [6.45, 7) is 0. The lowest BCUT2D eigenvalue weighted by Crippen LogP contribution is -2.50. The Morgan fingerprint density at radius 1 is 1.18 bits per heavy atom. The predicted molar refractivity (Wildman–Crippen MR) is 110 cm³/mol. The van der Waals surface area contributed by atoms with Crippen molar-refractivity contribution in [3.8, 4) is 5.75 Å². The van der Waals surface area contributed by atoms with Gasteiger partial charge in [-0.3, -0.25) is 4.98 Å². The molecule has 1 unspecified atom stereocenters. The van der Waals surface area contributed by atoms with Crippen LogP contribution in [0.2, 0.25) is 5.02 Å². The number of aromatic nitrogens is 1. The first-order valence-electron chi connectivity index (χ1n) is 9.51. The smallest absolute Gasteiger partial charge is 0.319 e. The number of hydrogen-bond acceptors (Lipinski definition) is 3. The van der Waals surface area contributed by atoms with Crippen molar-refractivity contribution in [3.63, 3.8) is 0 Å². The number of benzene rings is 2. The quantitative estimate of drug-likeness (QED) is 0.608. The molecule has 1 aliphatic carbocycles. The summed E-state index contributed by atoms with van der Waals surface area (Å²) in [4.78, 5) is 17.0. The van der Waals surface area contributed by atoms with Gasteiger partial charge in [-0.15, -0.1) is 0 Å². The van der Waals surface area contributed by atoms with Gasteiger partial charge >= 0.3 is 6.03 Å². The number of amides is 2. The van der Waals surface area contributed by atoms with Crippen LogP contribution in [0.4, 0.5) is 10.5 Å². The molecule has 6 heteroatoms. The molecule has 2 amide bonds. The van der Waals surface area contributed by atoms with Crippen molar-refractivity contribution in [2.24, 2.45) is 0 Å². The zero-order valence-corrected chi connectivity index (χ0v) is 16.0. The number of carbonyl (C=O) groups excluding carboxylic acids is 1. The highest BCUT2D eigenvalue weighted by Gasteiger charge is 2.46. The van der Waals surface area contributed by atoms with Crippen LogP contribution < -0.4 is 15.4 Å². The van der Waals surface area contributed by atoms with Crippen LogP contribution in [0, 0.1) is 0 Å². The second-order valence-corrected chi connectivity index (χ2v) is 7.96. The summed E-state index contributed by atoms with van der Waals surface area (Å²) in [6.07, 6.45) is 7.40. The van der Waals surface area contributed by atoms with Gasteiger partial charge in [-0.25, -0.2) is 4.79 Å². The number of carbonyl (C=O) groups is 1. The lowest BCUT2D eigenvalue weighted by atomic mass is 9.73. The van der Waals surface area contributed by atoms with Gasteiger partial charge in [0.05, 0.1) is 16.8 Å². The highest BCUT2D eigenvalue weighted by atomic mass is 35.5. The van der Waals surface area contributed by atoms with Gasteiger partial charge in [-0.1, -0.05) is 35.9 Å². The average molecular weight is 394 g/mol. The summed E-state index contributed by atoms with van der Waals surface area (Å²) in [7, 11) is 0. The normalized spacial score (nSPS) is 19.4. The second-order valence-electron chi connectivity index (χ2n) is 7.55. The number of urea groups is 1. The molecule has 1 fully saturated rings. The molecular formula is C22H20ClN3O2. The second kappa shape index (κ2) is 6.67. The average Bonchev–Trinajstić information content (AvgIpc) is 2.67. The highest BCUT2D eigenvalue weighted by molar-refractivity contribution is 6.32. The van der Waals surface area contributed by atoms with Crippen molar-refractivity contribution < 1.29 is 9.53 Å². The molecule has 1 atom stereocenters. The number of nitrogens with zero attached hydrogens (tertiary/aromatic N) is 1. The number of rotatable bonds is 2. The third-order valence-corrected chi connectivity index (χ3v) is 6.06. The number of anilines is 1. The summed E-state index contributed by atoms with van der Waals surface area (Å²) in [5, 5.41) is 8.66. The van der Waals surface area contributed by atoms with Gasteiger partial charge in [0.1, 0.15) is 11.4 Å². The third kappa shape index (κ3) is 2.96. The van der Waals surface area contributed by atoms with Crippen LogP contribution in [0.25, 0.3) is 10.8 Å². The van der Waals surface area contributed by atoms with Crippen molar-refractivity contribution in [2.75, 3.05) is 5.32 Å². The van der Waals surface area contributed by atoms with Gasteiger partial charge in [-0.05, 0) is 37.5 Å². The fraction of sp³-hybridized carbons (Fsp3) is 0.273. The molecule has 2 aliphatic rings. The predicted octanol–water partition coefficient (Wildman–Crippen LogP) is 5.46. The van der Waals surface area contributed by atoms with E-state index in [0.717, 1.165) is 47.7 Å². The molecule has 2 N–H and O–H groups in total. The van der Waals surface area contributed by atoms with Gasteiger partial charge < -0.3 is 15.4 Å². The van der Waals surface area contributed by atoms with Gasteiger partial charge in [0.25, 0.3) is 0 Å². The minimum absolute atomic E-state index is 0.139. The van der Waals surface area contributed by atoms with Crippen molar-refractivity contribution in [1.82, 2.24) is 10.3 Å². The molecule has 2 heterocycles. The van der Waals surface area contributed by atoms with Crippen molar-refractivity contribution in [1.29, 1.82) is 0 Å². The standard InChI is InChI=1S/C22H20ClN3O2/c23-17-6-2-5-16-19(12-22(9-3-10-22)28-20(16)17)26-21(27)25-18-7-1-4-14-13-24-11-8-15(14)18/h1-2,4-8,11,13,19H,3,9-10,12H2,(H2,25,26,27). The lowest BCUT2D eigenvalue weighted by Gasteiger charge is -2.48. The SMILES string of the molecule is O=C(Nc1cccc2cnccc12)NC1CC2(CCC2)Oc2c(Cl)cccc21. The Morgan fingerprint density at radius 2 is 2.04 bits per heavy atom. The van der Waals surface area contributed by atoms with Crippen molar-refractivity contribution >= 4 is 34.1 Å². The Morgan fingerprint density at radius 3 is 2.86 bits per heavy atom. The first kappa shape index (κ1) is 17.3. The van der Waals surface area contributed by atoms with E-state index in [-0.39, 0.29) is 17.7 Å². The molecule has 1 aromatic heterocycles. The number of para-hydroxylation sites is 1. The fourth-order valence-corrected chi connectivity index (χ4v) is 4.42. The van der Waals surface area contributed by atoms with E-state index >= 15 is 0 Å². The van der Waals surface area contributed by atoms with E-state index in [1.54, 1.807) is 12.4 Å². The highest BCUT2D eigenvalue weighted by Crippen LogP contribution is 2.50. The number of pyridine rings is 1. The molecule has 142 valence electrons. The van der Waals surface area contributed by atoms with E-state index in [2.05, 4.69) is 15.6 Å². The van der Waals surface area contributed by atoms with Crippen LogP contribution in [0.1, 0.15) is 37.3 Å². The topological polar surface area (TPSA) is 63.2 Å². The maximum Gasteiger partial charge on any atom is 0.319 e. The number of halogens is 1. The molecule has 0 bridgehead atoms. The van der Waals surface area contributed by atoms with Crippen LogP contribution in [-0.4, -0.2) is 16.6 Å². The maximum atomic E-state index is 12.8. The number of ether oxygens (including phenoxy) is 1. The zero-order valence-electron chi connectivity index (χ0n) is 15.2. The van der Waals surface area contributed by atoms with Gasteiger partial charge in [0, 0.05) is 35.2 Å². The van der Waals surface area contributed by atoms with Crippen LogP contribution in [0.15, 0.2) is 54.9 Å². The Bertz CT molecular complexity index is 1060. The Hall–Kier alpha value is -2.79. The summed E-state index contributed by atoms with van der Waals surface area (Å²) >= 11 is 6.39. The molecule has 5 nitrogen and oxygen atoms in total. The van der Waals surface area contributed by atoms with Crippen molar-refractivity contribution in [3.05, 3.63) is 65.4 Å². The Labute approximate surface area is 168 Å². The van der Waals surface area contributed by atoms with E-state index in [0.29, 0.717) is 10.8 Å². The molecule has 0 radical (unpaired) electrons. The molecule has 0 saturated heterocycles. The van der Waals surface area contributed by atoms with Crippen molar-refractivity contribution in [2.45, 2.75) is 37.3 Å². The first-order valence-corrected chi connectivity index (χ1v) is 9.89. The number of nitrogens with one attached hydrogen (secondary N) is 2. The number of hydrogen-bond donors (Lipinski definition) is 2. The molecule has 3 aromatic rings. The molecule has 1 spiro atoms. The van der Waals surface area contributed by atoms with E-state index < -0.39 is 0 Å². The van der Waals surface area contributed by atoms with E-state index in [1.807, 2.05) is 42.5 Å². The Kier molecular flexibility index (Phi) is 4.13. The molecule has 2 aromatic carbocycles. The molecule has 5 rings (SSSR count). The van der Waals surface area contributed by atoms with Gasteiger partial charge in [-0.2, -0.15) is 0 Å². The Balaban J connectivity index is 1.41. The van der Waals surface area contributed by atoms with E-state index in [9.17, 15) is 4.79 Å². The fourth-order valence-electron chi connectivity index (χ4n) is 4.20. The molecule has 1 aliphatic heterocycles. The van der Waals surface area contributed by atoms with Gasteiger partial charge in [0.15, 0.2) is 0 Å². The molecule has 1 saturated carbocycles. The lowest BCUT2D eigenvalue weighted by molar-refractivity contribution is -0.0353. The van der Waals surface area contributed by atoms with E-state index in [1.165, 1.54) is 0 Å². The van der Waals surface area contributed by atoms with Crippen LogP contribution in [0.5, 0.6) is 5.75 Å². The summed E-state index contributed by atoms with van der Waals surface area (Å²) in [6, 6.07) is 13.0.